The first-order chi connectivity index (χ1) is 12.2. The fraction of sp³-hybridized carbons (Fsp3) is 0.300. The molecule has 128 valence electrons. The van der Waals surface area contributed by atoms with E-state index in [1.807, 2.05) is 41.4 Å². The van der Waals surface area contributed by atoms with Gasteiger partial charge >= 0.3 is 0 Å². The zero-order chi connectivity index (χ0) is 17.4. The molecule has 25 heavy (non-hydrogen) atoms. The van der Waals surface area contributed by atoms with E-state index in [1.54, 1.807) is 13.3 Å². The standard InChI is InChI=1S/C20H21N3O2/c1-13-5-8-17-19(4-3-9-21-17)23(13)20(24)10-14-12-22-18-11-15(25-2)6-7-16(14)18/h3-4,6-7,9,11-13,22H,5,8,10H2,1-2H3. The highest BCUT2D eigenvalue weighted by molar-refractivity contribution is 5.98. The molecule has 1 atom stereocenters. The Labute approximate surface area is 146 Å². The zero-order valence-corrected chi connectivity index (χ0v) is 14.5. The minimum atomic E-state index is 0.109. The van der Waals surface area contributed by atoms with E-state index >= 15 is 0 Å². The van der Waals surface area contributed by atoms with Gasteiger partial charge < -0.3 is 14.6 Å². The van der Waals surface area contributed by atoms with E-state index in [0.29, 0.717) is 6.42 Å². The van der Waals surface area contributed by atoms with E-state index in [2.05, 4.69) is 16.9 Å². The number of pyridine rings is 1. The summed E-state index contributed by atoms with van der Waals surface area (Å²) in [6.45, 7) is 2.11. The number of aryl methyl sites for hydroxylation is 1. The molecule has 3 heterocycles. The Morgan fingerprint density at radius 1 is 1.40 bits per heavy atom. The molecule has 1 N–H and O–H groups in total. The molecular weight excluding hydrogens is 314 g/mol. The minimum absolute atomic E-state index is 0.109. The van der Waals surface area contributed by atoms with E-state index in [1.165, 1.54) is 0 Å². The van der Waals surface area contributed by atoms with Crippen LogP contribution in [0.15, 0.2) is 42.7 Å². The van der Waals surface area contributed by atoms with Gasteiger partial charge in [-0.2, -0.15) is 0 Å². The van der Waals surface area contributed by atoms with Crippen LogP contribution in [0.1, 0.15) is 24.6 Å². The van der Waals surface area contributed by atoms with E-state index in [9.17, 15) is 4.79 Å². The highest BCUT2D eigenvalue weighted by atomic mass is 16.5. The predicted molar refractivity (Wildman–Crippen MR) is 98.1 cm³/mol. The summed E-state index contributed by atoms with van der Waals surface area (Å²) in [5.74, 6) is 0.912. The Morgan fingerprint density at radius 3 is 3.12 bits per heavy atom. The summed E-state index contributed by atoms with van der Waals surface area (Å²) in [5.41, 5.74) is 3.95. The van der Waals surface area contributed by atoms with Gasteiger partial charge in [-0.3, -0.25) is 9.78 Å². The molecule has 0 fully saturated rings. The summed E-state index contributed by atoms with van der Waals surface area (Å²) in [6.07, 6.45) is 5.95. The molecule has 2 aromatic heterocycles. The second-order valence-electron chi connectivity index (χ2n) is 6.52. The van der Waals surface area contributed by atoms with Gasteiger partial charge in [0.2, 0.25) is 5.91 Å². The number of anilines is 1. The number of hydrogen-bond donors (Lipinski definition) is 1. The van der Waals surface area contributed by atoms with Crippen molar-refractivity contribution in [1.82, 2.24) is 9.97 Å². The third-order valence-corrected chi connectivity index (χ3v) is 4.95. The summed E-state index contributed by atoms with van der Waals surface area (Å²) < 4.78 is 5.26. The number of H-pyrrole nitrogens is 1. The van der Waals surface area contributed by atoms with E-state index in [-0.39, 0.29) is 11.9 Å². The average molecular weight is 335 g/mol. The second-order valence-corrected chi connectivity index (χ2v) is 6.52. The van der Waals surface area contributed by atoms with Gasteiger partial charge in [-0.05, 0) is 49.6 Å². The van der Waals surface area contributed by atoms with Crippen LogP contribution in [0.2, 0.25) is 0 Å². The topological polar surface area (TPSA) is 58.2 Å². The maximum Gasteiger partial charge on any atom is 0.231 e. The molecule has 1 amide bonds. The quantitative estimate of drug-likeness (QED) is 0.797. The molecule has 0 aliphatic carbocycles. The minimum Gasteiger partial charge on any atom is -0.497 e. The highest BCUT2D eigenvalue weighted by Crippen LogP contribution is 2.30. The van der Waals surface area contributed by atoms with Crippen molar-refractivity contribution in [2.45, 2.75) is 32.2 Å². The normalized spacial score (nSPS) is 16.7. The van der Waals surface area contributed by atoms with E-state index < -0.39 is 0 Å². The molecule has 1 aromatic carbocycles. The molecule has 1 aliphatic heterocycles. The summed E-state index contributed by atoms with van der Waals surface area (Å²) in [4.78, 5) is 22.7. The molecule has 3 aromatic rings. The fourth-order valence-corrected chi connectivity index (χ4v) is 3.62. The van der Waals surface area contributed by atoms with Gasteiger partial charge in [0.25, 0.3) is 0 Å². The molecule has 5 nitrogen and oxygen atoms in total. The van der Waals surface area contributed by atoms with Crippen molar-refractivity contribution in [3.05, 3.63) is 54.0 Å². The van der Waals surface area contributed by atoms with Gasteiger partial charge in [0, 0.05) is 35.4 Å². The number of aromatic nitrogens is 2. The number of carbonyl (C=O) groups excluding carboxylic acids is 1. The van der Waals surface area contributed by atoms with Crippen LogP contribution < -0.4 is 9.64 Å². The number of aromatic amines is 1. The number of carbonyl (C=O) groups is 1. The van der Waals surface area contributed by atoms with Gasteiger partial charge in [0.05, 0.1) is 24.9 Å². The Hall–Kier alpha value is -2.82. The van der Waals surface area contributed by atoms with Crippen molar-refractivity contribution < 1.29 is 9.53 Å². The lowest BCUT2D eigenvalue weighted by atomic mass is 9.99. The van der Waals surface area contributed by atoms with Crippen LogP contribution in [0.25, 0.3) is 10.9 Å². The molecule has 0 saturated carbocycles. The van der Waals surface area contributed by atoms with Crippen LogP contribution in [-0.4, -0.2) is 29.0 Å². The lowest BCUT2D eigenvalue weighted by molar-refractivity contribution is -0.118. The first-order valence-electron chi connectivity index (χ1n) is 8.57. The number of benzene rings is 1. The number of nitrogens with zero attached hydrogens (tertiary/aromatic N) is 2. The van der Waals surface area contributed by atoms with Crippen molar-refractivity contribution in [1.29, 1.82) is 0 Å². The monoisotopic (exact) mass is 335 g/mol. The molecule has 1 aliphatic rings. The Kier molecular flexibility index (Phi) is 3.92. The van der Waals surface area contributed by atoms with Crippen LogP contribution >= 0.6 is 0 Å². The van der Waals surface area contributed by atoms with Crippen molar-refractivity contribution in [3.8, 4) is 5.75 Å². The van der Waals surface area contributed by atoms with Gasteiger partial charge in [-0.1, -0.05) is 0 Å². The van der Waals surface area contributed by atoms with E-state index in [4.69, 9.17) is 4.74 Å². The van der Waals surface area contributed by atoms with E-state index in [0.717, 1.165) is 46.4 Å². The SMILES string of the molecule is COc1ccc2c(CC(=O)N3c4cccnc4CCC3C)c[nH]c2c1. The zero-order valence-electron chi connectivity index (χ0n) is 14.5. The number of amides is 1. The Morgan fingerprint density at radius 2 is 2.28 bits per heavy atom. The number of nitrogens with one attached hydrogen (secondary N) is 1. The van der Waals surface area contributed by atoms with Crippen LogP contribution in [-0.2, 0) is 17.6 Å². The third kappa shape index (κ3) is 2.76. The maximum absolute atomic E-state index is 13.1. The van der Waals surface area contributed by atoms with Gasteiger partial charge in [0.15, 0.2) is 0 Å². The van der Waals surface area contributed by atoms with Crippen molar-refractivity contribution in [2.75, 3.05) is 12.0 Å². The Bertz CT molecular complexity index is 932. The lowest BCUT2D eigenvalue weighted by Crippen LogP contribution is -2.43. The molecule has 0 spiro atoms. The van der Waals surface area contributed by atoms with Crippen LogP contribution in [0.4, 0.5) is 5.69 Å². The molecule has 1 unspecified atom stereocenters. The van der Waals surface area contributed by atoms with Gasteiger partial charge in [-0.25, -0.2) is 0 Å². The number of hydrogen-bond acceptors (Lipinski definition) is 3. The van der Waals surface area contributed by atoms with Crippen molar-refractivity contribution in [3.63, 3.8) is 0 Å². The van der Waals surface area contributed by atoms with Crippen LogP contribution in [0.3, 0.4) is 0 Å². The third-order valence-electron chi connectivity index (χ3n) is 4.95. The molecule has 5 heteroatoms. The molecule has 4 rings (SSSR count). The van der Waals surface area contributed by atoms with Gasteiger partial charge in [-0.15, -0.1) is 0 Å². The first kappa shape index (κ1) is 15.7. The number of fused-ring (bicyclic) bond motifs is 2. The maximum atomic E-state index is 13.1. The molecular formula is C20H21N3O2. The largest absolute Gasteiger partial charge is 0.497 e. The van der Waals surface area contributed by atoms with Crippen LogP contribution in [0.5, 0.6) is 5.75 Å². The Balaban J connectivity index is 1.64. The summed E-state index contributed by atoms with van der Waals surface area (Å²) in [7, 11) is 1.65. The molecule has 0 bridgehead atoms. The fourth-order valence-electron chi connectivity index (χ4n) is 3.62. The number of ether oxygens (including phenoxy) is 1. The summed E-state index contributed by atoms with van der Waals surface area (Å²) >= 11 is 0. The van der Waals surface area contributed by atoms with Crippen molar-refractivity contribution in [2.24, 2.45) is 0 Å². The van der Waals surface area contributed by atoms with Crippen molar-refractivity contribution >= 4 is 22.5 Å². The smallest absolute Gasteiger partial charge is 0.231 e. The molecule has 0 radical (unpaired) electrons. The number of methoxy groups -OCH3 is 1. The summed E-state index contributed by atoms with van der Waals surface area (Å²) in [5, 5.41) is 1.06. The first-order valence-corrected chi connectivity index (χ1v) is 8.57. The van der Waals surface area contributed by atoms with Gasteiger partial charge in [0.1, 0.15) is 5.75 Å². The predicted octanol–water partition coefficient (Wildman–Crippen LogP) is 3.48. The van der Waals surface area contributed by atoms with Crippen LogP contribution in [0, 0.1) is 0 Å². The highest BCUT2D eigenvalue weighted by Gasteiger charge is 2.29. The lowest BCUT2D eigenvalue weighted by Gasteiger charge is -2.34. The average Bonchev–Trinajstić information content (AvgIpc) is 3.03. The summed E-state index contributed by atoms with van der Waals surface area (Å²) in [6, 6.07) is 9.96. The molecule has 0 saturated heterocycles. The second kappa shape index (κ2) is 6.24. The number of rotatable bonds is 3.